The van der Waals surface area contributed by atoms with E-state index < -0.39 is 23.0 Å². The van der Waals surface area contributed by atoms with Gasteiger partial charge >= 0.3 is 6.18 Å². The van der Waals surface area contributed by atoms with Gasteiger partial charge in [-0.1, -0.05) is 24.3 Å². The minimum absolute atomic E-state index is 0.151. The summed E-state index contributed by atoms with van der Waals surface area (Å²) < 4.78 is 52.2. The van der Waals surface area contributed by atoms with Gasteiger partial charge in [0.25, 0.3) is 5.91 Å². The highest BCUT2D eigenvalue weighted by Crippen LogP contribution is 2.35. The van der Waals surface area contributed by atoms with Crippen molar-refractivity contribution >= 4 is 50.7 Å². The molecule has 1 N–H and O–H groups in total. The molecule has 12 heteroatoms. The van der Waals surface area contributed by atoms with E-state index in [1.54, 1.807) is 19.4 Å². The molecule has 0 unspecified atom stereocenters. The lowest BCUT2D eigenvalue weighted by atomic mass is 10.1. The molecule has 0 saturated heterocycles. The smallest absolute Gasteiger partial charge is 0.441 e. The van der Waals surface area contributed by atoms with Crippen LogP contribution in [-0.4, -0.2) is 51.4 Å². The zero-order valence-electron chi connectivity index (χ0n) is 18.7. The summed E-state index contributed by atoms with van der Waals surface area (Å²) in [7, 11) is 1.58. The lowest BCUT2D eigenvalue weighted by Crippen LogP contribution is -2.35. The van der Waals surface area contributed by atoms with Crippen LogP contribution in [0.4, 0.5) is 13.2 Å². The number of rotatable bonds is 6. The number of aliphatic imine (C=N–C) groups is 1. The van der Waals surface area contributed by atoms with Crippen molar-refractivity contribution in [3.05, 3.63) is 65.9 Å². The van der Waals surface area contributed by atoms with Crippen molar-refractivity contribution in [1.82, 2.24) is 9.58 Å². The van der Waals surface area contributed by atoms with Crippen molar-refractivity contribution in [1.29, 1.82) is 5.41 Å². The summed E-state index contributed by atoms with van der Waals surface area (Å²) in [5.41, 5.74) is 1.33. The molecule has 1 amide bonds. The Morgan fingerprint density at radius 1 is 1.14 bits per heavy atom. The topological polar surface area (TPSA) is 92.3 Å². The summed E-state index contributed by atoms with van der Waals surface area (Å²) in [5.74, 6) is 0.0807. The van der Waals surface area contributed by atoms with Crippen LogP contribution in [0.5, 0.6) is 11.5 Å². The third-order valence-electron chi connectivity index (χ3n) is 5.46. The molecule has 36 heavy (non-hydrogen) atoms. The highest BCUT2D eigenvalue weighted by Gasteiger charge is 2.46. The predicted octanol–water partition coefficient (Wildman–Crippen LogP) is 4.91. The van der Waals surface area contributed by atoms with Gasteiger partial charge in [0.15, 0.2) is 5.84 Å². The Morgan fingerprint density at radius 2 is 1.92 bits per heavy atom. The van der Waals surface area contributed by atoms with E-state index in [2.05, 4.69) is 10.1 Å². The summed E-state index contributed by atoms with van der Waals surface area (Å²) >= 11 is 0.220. The molecule has 2 aliphatic rings. The van der Waals surface area contributed by atoms with E-state index in [1.165, 1.54) is 6.08 Å². The Labute approximate surface area is 207 Å². The van der Waals surface area contributed by atoms with Gasteiger partial charge in [0.05, 0.1) is 19.2 Å². The molecular formula is C24H18F3N5O3S. The quantitative estimate of drug-likeness (QED) is 0.473. The number of ether oxygens (including phenoxy) is 2. The van der Waals surface area contributed by atoms with Gasteiger partial charge in [0.2, 0.25) is 10.2 Å². The number of hydrogen-bond donors (Lipinski definition) is 1. The molecule has 184 valence electrons. The second-order valence-electron chi connectivity index (χ2n) is 7.75. The molecule has 0 spiro atoms. The summed E-state index contributed by atoms with van der Waals surface area (Å²) in [4.78, 5) is 16.4. The monoisotopic (exact) mass is 513 g/mol. The lowest BCUT2D eigenvalue weighted by molar-refractivity contribution is -0.114. The number of fused-ring (bicyclic) bond motifs is 2. The number of nitrogens with one attached hydrogen (secondary N) is 1. The van der Waals surface area contributed by atoms with Crippen molar-refractivity contribution in [3.63, 3.8) is 0 Å². The Hall–Kier alpha value is -4.06. The zero-order chi connectivity index (χ0) is 25.4. The Bertz CT molecular complexity index is 1480. The van der Waals surface area contributed by atoms with Crippen LogP contribution >= 0.6 is 11.8 Å². The third kappa shape index (κ3) is 4.47. The van der Waals surface area contributed by atoms with Crippen LogP contribution < -0.4 is 9.47 Å². The lowest BCUT2D eigenvalue weighted by Gasteiger charge is -2.20. The number of amidine groups is 2. The summed E-state index contributed by atoms with van der Waals surface area (Å²) in [6.07, 6.45) is -1.44. The second kappa shape index (κ2) is 9.19. The number of alkyl halides is 3. The van der Waals surface area contributed by atoms with Crippen LogP contribution in [0.1, 0.15) is 5.56 Å². The van der Waals surface area contributed by atoms with Gasteiger partial charge in [-0.05, 0) is 36.0 Å². The number of carbonyl (C=O) groups excluding carboxylic acids is 1. The molecule has 3 aromatic rings. The van der Waals surface area contributed by atoms with Gasteiger partial charge < -0.3 is 14.0 Å². The number of hydrogen-bond acceptors (Lipinski definition) is 6. The number of halogens is 3. The first-order valence-corrected chi connectivity index (χ1v) is 11.5. The maximum atomic E-state index is 13.1. The van der Waals surface area contributed by atoms with E-state index in [0.29, 0.717) is 30.2 Å². The Balaban J connectivity index is 1.42. The van der Waals surface area contributed by atoms with Gasteiger partial charge in [-0.3, -0.25) is 10.2 Å². The SMILES string of the molecule is COc1cccc(OCCn2cc(C=C3C(=N)N4N=C(C(F)(F)F)SC4=NC3=O)c3ccccc32)c1. The average molecular weight is 514 g/mol. The number of para-hydroxylation sites is 1. The number of thioether (sulfide) groups is 1. The number of aromatic nitrogens is 1. The van der Waals surface area contributed by atoms with Crippen LogP contribution in [0.25, 0.3) is 17.0 Å². The van der Waals surface area contributed by atoms with Gasteiger partial charge in [-0.2, -0.15) is 28.3 Å². The number of benzene rings is 2. The molecule has 0 aliphatic carbocycles. The van der Waals surface area contributed by atoms with Gasteiger partial charge in [0.1, 0.15) is 18.1 Å². The molecule has 0 fully saturated rings. The first-order valence-electron chi connectivity index (χ1n) is 10.7. The first kappa shape index (κ1) is 23.7. The van der Waals surface area contributed by atoms with Crippen molar-refractivity contribution < 1.29 is 27.4 Å². The van der Waals surface area contributed by atoms with E-state index in [1.807, 2.05) is 47.0 Å². The molecule has 0 atom stereocenters. The van der Waals surface area contributed by atoms with Crippen LogP contribution in [0.2, 0.25) is 0 Å². The second-order valence-corrected chi connectivity index (χ2v) is 8.70. The normalized spacial score (nSPS) is 16.9. The molecule has 2 aromatic carbocycles. The number of hydrazone groups is 1. The highest BCUT2D eigenvalue weighted by molar-refractivity contribution is 8.27. The molecule has 0 bridgehead atoms. The zero-order valence-corrected chi connectivity index (χ0v) is 19.6. The summed E-state index contributed by atoms with van der Waals surface area (Å²) in [5, 5.41) is 11.9. The van der Waals surface area contributed by atoms with Gasteiger partial charge in [-0.25, -0.2) is 0 Å². The number of amides is 1. The van der Waals surface area contributed by atoms with E-state index >= 15 is 0 Å². The summed E-state index contributed by atoms with van der Waals surface area (Å²) in [6.45, 7) is 0.834. The fourth-order valence-electron chi connectivity index (χ4n) is 3.79. The Morgan fingerprint density at radius 3 is 2.69 bits per heavy atom. The maximum Gasteiger partial charge on any atom is 0.441 e. The third-order valence-corrected chi connectivity index (χ3v) is 6.41. The molecule has 0 radical (unpaired) electrons. The number of nitrogens with zero attached hydrogens (tertiary/aromatic N) is 4. The van der Waals surface area contributed by atoms with E-state index in [0.717, 1.165) is 15.9 Å². The number of methoxy groups -OCH3 is 1. The van der Waals surface area contributed by atoms with Crippen LogP contribution in [0.15, 0.2) is 70.4 Å². The molecule has 5 rings (SSSR count). The van der Waals surface area contributed by atoms with E-state index in [4.69, 9.17) is 14.9 Å². The molecule has 2 aliphatic heterocycles. The standard InChI is InChI=1S/C24H18F3N5O3S/c1-34-15-5-4-6-16(12-15)35-10-9-31-13-14(17-7-2-3-8-19(17)31)11-18-20(28)32-23(29-21(18)33)36-22(30-32)24(25,26)27/h2-8,11-13,28H,9-10H2,1H3. The van der Waals surface area contributed by atoms with Gasteiger partial charge in [0, 0.05) is 28.7 Å². The molecule has 8 nitrogen and oxygen atoms in total. The van der Waals surface area contributed by atoms with Crippen LogP contribution in [0, 0.1) is 5.41 Å². The number of carbonyl (C=O) groups is 1. The predicted molar refractivity (Wildman–Crippen MR) is 131 cm³/mol. The largest absolute Gasteiger partial charge is 0.497 e. The van der Waals surface area contributed by atoms with Crippen LogP contribution in [0.3, 0.4) is 0 Å². The van der Waals surface area contributed by atoms with Crippen molar-refractivity contribution in [2.45, 2.75) is 12.7 Å². The van der Waals surface area contributed by atoms with Crippen molar-refractivity contribution in [3.8, 4) is 11.5 Å². The Kier molecular flexibility index (Phi) is 6.04. The van der Waals surface area contributed by atoms with Crippen LogP contribution in [-0.2, 0) is 11.3 Å². The molecule has 0 saturated carbocycles. The van der Waals surface area contributed by atoms with Crippen molar-refractivity contribution in [2.24, 2.45) is 10.1 Å². The fraction of sp³-hybridized carbons (Fsp3) is 0.167. The maximum absolute atomic E-state index is 13.1. The minimum Gasteiger partial charge on any atom is -0.497 e. The summed E-state index contributed by atoms with van der Waals surface area (Å²) in [6, 6.07) is 14.7. The van der Waals surface area contributed by atoms with E-state index in [9.17, 15) is 18.0 Å². The minimum atomic E-state index is -4.70. The van der Waals surface area contributed by atoms with Crippen molar-refractivity contribution in [2.75, 3.05) is 13.7 Å². The first-order chi connectivity index (χ1) is 17.2. The highest BCUT2D eigenvalue weighted by atomic mass is 32.2. The molecule has 1 aromatic heterocycles. The average Bonchev–Trinajstić information content (AvgIpc) is 3.44. The van der Waals surface area contributed by atoms with E-state index in [-0.39, 0.29) is 22.5 Å². The molecule has 3 heterocycles. The fourth-order valence-corrected chi connectivity index (χ4v) is 4.55. The molecular weight excluding hydrogens is 495 g/mol. The van der Waals surface area contributed by atoms with Gasteiger partial charge in [-0.15, -0.1) is 0 Å².